The van der Waals surface area contributed by atoms with Crippen LogP contribution in [-0.4, -0.2) is 11.7 Å². The van der Waals surface area contributed by atoms with Crippen LogP contribution in [0, 0.1) is 5.92 Å². The number of carbonyl (C=O) groups excluding carboxylic acids is 2. The Morgan fingerprint density at radius 2 is 1.90 bits per heavy atom. The molecule has 1 fully saturated rings. The molecule has 1 amide bonds. The predicted octanol–water partition coefficient (Wildman–Crippen LogP) is 3.09. The molecule has 0 unspecified atom stereocenters. The topological polar surface area (TPSA) is 60.2 Å². The van der Waals surface area contributed by atoms with Gasteiger partial charge in [0.25, 0.3) is 0 Å². The summed E-state index contributed by atoms with van der Waals surface area (Å²) in [6.45, 7) is 0. The van der Waals surface area contributed by atoms with Crippen LogP contribution in [0.5, 0.6) is 0 Å². The van der Waals surface area contributed by atoms with Gasteiger partial charge in [-0.3, -0.25) is 9.59 Å². The molecule has 0 aromatic heterocycles. The summed E-state index contributed by atoms with van der Waals surface area (Å²) in [4.78, 5) is 23.6. The van der Waals surface area contributed by atoms with Gasteiger partial charge in [-0.1, -0.05) is 30.5 Å². The Kier molecular flexibility index (Phi) is 3.43. The number of hydrogen-bond donors (Lipinski definition) is 1. The van der Waals surface area contributed by atoms with Gasteiger partial charge in [-0.2, -0.15) is 0 Å². The number of primary amides is 1. The third-order valence-electron chi connectivity index (χ3n) is 4.51. The summed E-state index contributed by atoms with van der Waals surface area (Å²) >= 11 is 0. The van der Waals surface area contributed by atoms with Crippen LogP contribution < -0.4 is 5.73 Å². The first-order chi connectivity index (χ1) is 9.66. The Bertz CT molecular complexity index is 595. The fourth-order valence-electron chi connectivity index (χ4n) is 3.53. The molecule has 20 heavy (non-hydrogen) atoms. The van der Waals surface area contributed by atoms with Crippen molar-refractivity contribution in [3.05, 3.63) is 41.0 Å². The maximum atomic E-state index is 12.2. The molecule has 0 saturated heterocycles. The van der Waals surface area contributed by atoms with Crippen LogP contribution in [0.25, 0.3) is 5.57 Å². The zero-order valence-electron chi connectivity index (χ0n) is 11.5. The Morgan fingerprint density at radius 1 is 1.15 bits per heavy atom. The lowest BCUT2D eigenvalue weighted by atomic mass is 9.90. The Labute approximate surface area is 118 Å². The SMILES string of the molecule is NC(=O)c1cccc(C2=C(C3CCCC3)CCC2=O)c1. The summed E-state index contributed by atoms with van der Waals surface area (Å²) in [5.41, 5.74) is 8.85. The number of ketones is 1. The summed E-state index contributed by atoms with van der Waals surface area (Å²) in [7, 11) is 0. The van der Waals surface area contributed by atoms with Crippen LogP contribution >= 0.6 is 0 Å². The zero-order valence-corrected chi connectivity index (χ0v) is 11.5. The second kappa shape index (κ2) is 5.23. The standard InChI is InChI=1S/C17H19NO2/c18-17(20)13-7-3-6-12(10-13)16-14(8-9-15(16)19)11-4-1-2-5-11/h3,6-7,10-11H,1-2,4-5,8-9H2,(H2,18,20). The van der Waals surface area contributed by atoms with Crippen molar-refractivity contribution in [1.82, 2.24) is 0 Å². The minimum absolute atomic E-state index is 0.216. The van der Waals surface area contributed by atoms with Gasteiger partial charge in [0.2, 0.25) is 5.91 Å². The van der Waals surface area contributed by atoms with Gasteiger partial charge in [0.05, 0.1) is 0 Å². The minimum Gasteiger partial charge on any atom is -0.366 e. The average Bonchev–Trinajstić information content (AvgIpc) is 3.07. The molecule has 2 aliphatic carbocycles. The van der Waals surface area contributed by atoms with Gasteiger partial charge in [0, 0.05) is 17.6 Å². The smallest absolute Gasteiger partial charge is 0.248 e. The molecular weight excluding hydrogens is 250 g/mol. The molecule has 3 rings (SSSR count). The van der Waals surface area contributed by atoms with Crippen LogP contribution in [0.2, 0.25) is 0 Å². The fraction of sp³-hybridized carbons (Fsp3) is 0.412. The molecule has 3 nitrogen and oxygen atoms in total. The van der Waals surface area contributed by atoms with Crippen molar-refractivity contribution in [3.8, 4) is 0 Å². The number of hydrogen-bond acceptors (Lipinski definition) is 2. The average molecular weight is 269 g/mol. The first-order valence-corrected chi connectivity index (χ1v) is 7.33. The molecule has 0 atom stereocenters. The molecule has 0 spiro atoms. The minimum atomic E-state index is -0.444. The molecule has 0 radical (unpaired) electrons. The lowest BCUT2D eigenvalue weighted by Crippen LogP contribution is -2.11. The third kappa shape index (κ3) is 2.28. The molecule has 3 heteroatoms. The van der Waals surface area contributed by atoms with Gasteiger partial charge >= 0.3 is 0 Å². The van der Waals surface area contributed by atoms with Crippen molar-refractivity contribution < 1.29 is 9.59 Å². The summed E-state index contributed by atoms with van der Waals surface area (Å²) in [5, 5.41) is 0. The van der Waals surface area contributed by atoms with E-state index in [1.54, 1.807) is 18.2 Å². The van der Waals surface area contributed by atoms with E-state index < -0.39 is 5.91 Å². The number of rotatable bonds is 3. The van der Waals surface area contributed by atoms with Crippen molar-refractivity contribution in [1.29, 1.82) is 0 Å². The summed E-state index contributed by atoms with van der Waals surface area (Å²) in [6.07, 6.45) is 6.42. The van der Waals surface area contributed by atoms with E-state index in [9.17, 15) is 9.59 Å². The quantitative estimate of drug-likeness (QED) is 0.916. The monoisotopic (exact) mass is 269 g/mol. The number of amides is 1. The summed E-state index contributed by atoms with van der Waals surface area (Å²) < 4.78 is 0. The molecular formula is C17H19NO2. The van der Waals surface area contributed by atoms with Crippen molar-refractivity contribution in [2.45, 2.75) is 38.5 Å². The molecule has 2 N–H and O–H groups in total. The van der Waals surface area contributed by atoms with Crippen LogP contribution in [-0.2, 0) is 4.79 Å². The van der Waals surface area contributed by atoms with Crippen LogP contribution in [0.1, 0.15) is 54.4 Å². The van der Waals surface area contributed by atoms with Crippen molar-refractivity contribution >= 4 is 17.3 Å². The van der Waals surface area contributed by atoms with Gasteiger partial charge in [-0.05, 0) is 42.9 Å². The molecule has 0 heterocycles. The van der Waals surface area contributed by atoms with Gasteiger partial charge < -0.3 is 5.73 Å². The number of benzene rings is 1. The highest BCUT2D eigenvalue weighted by Crippen LogP contribution is 2.42. The molecule has 1 aromatic carbocycles. The second-order valence-corrected chi connectivity index (χ2v) is 5.75. The zero-order chi connectivity index (χ0) is 14.1. The summed E-state index contributed by atoms with van der Waals surface area (Å²) in [6, 6.07) is 7.18. The molecule has 1 aromatic rings. The maximum absolute atomic E-state index is 12.2. The Morgan fingerprint density at radius 3 is 2.60 bits per heavy atom. The van der Waals surface area contributed by atoms with Crippen molar-refractivity contribution in [2.75, 3.05) is 0 Å². The first kappa shape index (κ1) is 13.1. The highest BCUT2D eigenvalue weighted by Gasteiger charge is 2.30. The molecule has 1 saturated carbocycles. The van der Waals surface area contributed by atoms with Gasteiger partial charge in [-0.15, -0.1) is 0 Å². The first-order valence-electron chi connectivity index (χ1n) is 7.33. The normalized spacial score (nSPS) is 19.9. The van der Waals surface area contributed by atoms with E-state index in [-0.39, 0.29) is 5.78 Å². The van der Waals surface area contributed by atoms with Crippen LogP contribution in [0.15, 0.2) is 29.8 Å². The molecule has 2 aliphatic rings. The van der Waals surface area contributed by atoms with Gasteiger partial charge in [0.1, 0.15) is 0 Å². The van der Waals surface area contributed by atoms with Gasteiger partial charge in [0.15, 0.2) is 5.78 Å². The van der Waals surface area contributed by atoms with E-state index in [0.717, 1.165) is 17.6 Å². The lowest BCUT2D eigenvalue weighted by molar-refractivity contribution is -0.113. The third-order valence-corrected chi connectivity index (χ3v) is 4.51. The van der Waals surface area contributed by atoms with E-state index in [0.29, 0.717) is 17.9 Å². The predicted molar refractivity (Wildman–Crippen MR) is 78.1 cm³/mol. The van der Waals surface area contributed by atoms with E-state index in [1.165, 1.54) is 31.3 Å². The molecule has 0 aliphatic heterocycles. The van der Waals surface area contributed by atoms with E-state index >= 15 is 0 Å². The maximum Gasteiger partial charge on any atom is 0.248 e. The molecule has 0 bridgehead atoms. The number of allylic oxidation sites excluding steroid dienone is 2. The van der Waals surface area contributed by atoms with Crippen molar-refractivity contribution in [2.24, 2.45) is 11.7 Å². The Balaban J connectivity index is 2.04. The highest BCUT2D eigenvalue weighted by atomic mass is 16.1. The lowest BCUT2D eigenvalue weighted by Gasteiger charge is -2.13. The number of nitrogens with two attached hydrogens (primary N) is 1. The fourth-order valence-corrected chi connectivity index (χ4v) is 3.53. The molecule has 104 valence electrons. The largest absolute Gasteiger partial charge is 0.366 e. The summed E-state index contributed by atoms with van der Waals surface area (Å²) in [5.74, 6) is 0.336. The Hall–Kier alpha value is -1.90. The number of Topliss-reactive ketones (excluding diaryl/α,β-unsaturated/α-hetero) is 1. The van der Waals surface area contributed by atoms with Crippen LogP contribution in [0.4, 0.5) is 0 Å². The van der Waals surface area contributed by atoms with E-state index in [1.807, 2.05) is 6.07 Å². The number of carbonyl (C=O) groups is 2. The highest BCUT2D eigenvalue weighted by molar-refractivity contribution is 6.24. The second-order valence-electron chi connectivity index (χ2n) is 5.75. The van der Waals surface area contributed by atoms with Crippen LogP contribution in [0.3, 0.4) is 0 Å². The van der Waals surface area contributed by atoms with E-state index in [2.05, 4.69) is 0 Å². The van der Waals surface area contributed by atoms with Crippen molar-refractivity contribution in [3.63, 3.8) is 0 Å². The van der Waals surface area contributed by atoms with Gasteiger partial charge in [-0.25, -0.2) is 0 Å². The van der Waals surface area contributed by atoms with E-state index in [4.69, 9.17) is 5.73 Å².